The Bertz CT molecular complexity index is 683. The number of esters is 1. The Morgan fingerprint density at radius 3 is 2.86 bits per heavy atom. The molecule has 0 bridgehead atoms. The first-order chi connectivity index (χ1) is 10.2. The summed E-state index contributed by atoms with van der Waals surface area (Å²) < 4.78 is 5.07. The van der Waals surface area contributed by atoms with Crippen LogP contribution < -0.4 is 0 Å². The number of aldehydes is 1. The minimum atomic E-state index is -0.361. The number of aromatic nitrogens is 1. The zero-order chi connectivity index (χ0) is 15.2. The third kappa shape index (κ3) is 3.40. The third-order valence-electron chi connectivity index (χ3n) is 3.37. The number of hydrogen-bond donors (Lipinski definition) is 1. The van der Waals surface area contributed by atoms with Crippen molar-refractivity contribution in [1.82, 2.24) is 4.98 Å². The number of nitrogens with one attached hydrogen (secondary N) is 1. The van der Waals surface area contributed by atoms with Crippen molar-refractivity contribution < 1.29 is 14.3 Å². The number of ether oxygens (including phenoxy) is 1. The zero-order valence-electron chi connectivity index (χ0n) is 12.3. The normalized spacial score (nSPS) is 11.1. The number of carbonyl (C=O) groups is 2. The molecule has 1 N–H and O–H groups in total. The highest BCUT2D eigenvalue weighted by molar-refractivity contribution is 6.04. The number of aryl methyl sites for hydroxylation is 1. The second kappa shape index (κ2) is 6.88. The molecule has 0 saturated carbocycles. The van der Waals surface area contributed by atoms with Crippen LogP contribution in [0.15, 0.2) is 24.4 Å². The Balaban J connectivity index is 2.26. The van der Waals surface area contributed by atoms with E-state index >= 15 is 0 Å². The molecule has 4 heteroatoms. The van der Waals surface area contributed by atoms with Crippen LogP contribution in [-0.2, 0) is 9.53 Å². The molecule has 0 amide bonds. The van der Waals surface area contributed by atoms with Gasteiger partial charge in [-0.3, -0.25) is 4.79 Å². The van der Waals surface area contributed by atoms with Gasteiger partial charge in [0.15, 0.2) is 6.29 Å². The van der Waals surface area contributed by atoms with Gasteiger partial charge in [-0.25, -0.2) is 4.79 Å². The number of carbonyl (C=O) groups excluding carboxylic acids is 2. The van der Waals surface area contributed by atoms with Crippen molar-refractivity contribution in [3.63, 3.8) is 0 Å². The number of H-pyrrole nitrogens is 1. The van der Waals surface area contributed by atoms with Crippen LogP contribution in [0, 0.1) is 6.92 Å². The Hall–Kier alpha value is -2.36. The number of rotatable bonds is 6. The van der Waals surface area contributed by atoms with E-state index in [2.05, 4.69) is 4.98 Å². The molecule has 1 aromatic heterocycles. The zero-order valence-corrected chi connectivity index (χ0v) is 12.3. The summed E-state index contributed by atoms with van der Waals surface area (Å²) in [7, 11) is 0. The van der Waals surface area contributed by atoms with Gasteiger partial charge in [0, 0.05) is 28.7 Å². The van der Waals surface area contributed by atoms with E-state index in [4.69, 9.17) is 4.74 Å². The summed E-state index contributed by atoms with van der Waals surface area (Å²) in [6, 6.07) is 3.85. The largest absolute Gasteiger partial charge is 0.463 e. The van der Waals surface area contributed by atoms with Gasteiger partial charge in [-0.05, 0) is 30.5 Å². The molecule has 21 heavy (non-hydrogen) atoms. The maximum absolute atomic E-state index is 11.6. The van der Waals surface area contributed by atoms with Gasteiger partial charge < -0.3 is 9.72 Å². The van der Waals surface area contributed by atoms with Crippen LogP contribution in [0.25, 0.3) is 17.0 Å². The summed E-state index contributed by atoms with van der Waals surface area (Å²) in [5, 5.41) is 0.836. The lowest BCUT2D eigenvalue weighted by molar-refractivity contribution is -0.137. The lowest BCUT2D eigenvalue weighted by atomic mass is 10.0. The van der Waals surface area contributed by atoms with Crippen molar-refractivity contribution in [2.75, 3.05) is 6.61 Å². The van der Waals surface area contributed by atoms with Crippen molar-refractivity contribution in [3.05, 3.63) is 41.1 Å². The topological polar surface area (TPSA) is 59.2 Å². The molecule has 0 fully saturated rings. The number of unbranched alkanes of at least 4 members (excludes halogenated alkanes) is 1. The summed E-state index contributed by atoms with van der Waals surface area (Å²) in [5.74, 6) is -0.361. The third-order valence-corrected chi connectivity index (χ3v) is 3.37. The van der Waals surface area contributed by atoms with Gasteiger partial charge in [0.2, 0.25) is 0 Å². The molecule has 4 nitrogen and oxygen atoms in total. The molecule has 0 radical (unpaired) electrons. The van der Waals surface area contributed by atoms with Gasteiger partial charge in [0.1, 0.15) is 0 Å². The van der Waals surface area contributed by atoms with Crippen LogP contribution in [0.4, 0.5) is 0 Å². The Kier molecular flexibility index (Phi) is 4.93. The molecule has 110 valence electrons. The maximum atomic E-state index is 11.6. The van der Waals surface area contributed by atoms with Crippen LogP contribution in [0.2, 0.25) is 0 Å². The van der Waals surface area contributed by atoms with Crippen LogP contribution >= 0.6 is 0 Å². The minimum Gasteiger partial charge on any atom is -0.463 e. The van der Waals surface area contributed by atoms with E-state index in [0.717, 1.165) is 41.2 Å². The van der Waals surface area contributed by atoms with E-state index in [9.17, 15) is 9.59 Å². The van der Waals surface area contributed by atoms with E-state index < -0.39 is 0 Å². The molecule has 0 aliphatic rings. The summed E-state index contributed by atoms with van der Waals surface area (Å²) in [6.45, 7) is 4.45. The fourth-order valence-electron chi connectivity index (χ4n) is 2.20. The first-order valence-corrected chi connectivity index (χ1v) is 7.08. The number of aromatic amines is 1. The van der Waals surface area contributed by atoms with Crippen molar-refractivity contribution >= 4 is 29.2 Å². The molecular weight excluding hydrogens is 266 g/mol. The van der Waals surface area contributed by atoms with E-state index in [0.29, 0.717) is 12.2 Å². The molecule has 0 aliphatic heterocycles. The van der Waals surface area contributed by atoms with E-state index in [-0.39, 0.29) is 5.97 Å². The predicted octanol–water partition coefficient (Wildman–Crippen LogP) is 3.65. The smallest absolute Gasteiger partial charge is 0.330 e. The number of hydrogen-bond acceptors (Lipinski definition) is 3. The van der Waals surface area contributed by atoms with Gasteiger partial charge in [-0.1, -0.05) is 25.5 Å². The summed E-state index contributed by atoms with van der Waals surface area (Å²) in [4.78, 5) is 25.8. The molecule has 2 aromatic rings. The summed E-state index contributed by atoms with van der Waals surface area (Å²) in [5.41, 5.74) is 3.39. The monoisotopic (exact) mass is 285 g/mol. The maximum Gasteiger partial charge on any atom is 0.330 e. The number of benzene rings is 1. The van der Waals surface area contributed by atoms with Crippen molar-refractivity contribution in [3.8, 4) is 0 Å². The average molecular weight is 285 g/mol. The molecule has 1 heterocycles. The second-order valence-corrected chi connectivity index (χ2v) is 4.94. The quantitative estimate of drug-likeness (QED) is 0.381. The second-order valence-electron chi connectivity index (χ2n) is 4.94. The van der Waals surface area contributed by atoms with Crippen LogP contribution in [0.5, 0.6) is 0 Å². The molecule has 0 spiro atoms. The summed E-state index contributed by atoms with van der Waals surface area (Å²) >= 11 is 0. The first-order valence-electron chi connectivity index (χ1n) is 7.08. The van der Waals surface area contributed by atoms with Crippen molar-refractivity contribution in [2.24, 2.45) is 0 Å². The van der Waals surface area contributed by atoms with Gasteiger partial charge in [0.25, 0.3) is 0 Å². The van der Waals surface area contributed by atoms with Gasteiger partial charge >= 0.3 is 5.97 Å². The SMILES string of the molecule is CCCCOC(=O)/C=C/c1ccc(C)c2[nH]cc(C=O)c12. The molecule has 0 saturated heterocycles. The highest BCUT2D eigenvalue weighted by Gasteiger charge is 2.09. The van der Waals surface area contributed by atoms with Crippen molar-refractivity contribution in [2.45, 2.75) is 26.7 Å². The van der Waals surface area contributed by atoms with E-state index in [1.807, 2.05) is 26.0 Å². The predicted molar refractivity (Wildman–Crippen MR) is 83.3 cm³/mol. The highest BCUT2D eigenvalue weighted by Crippen LogP contribution is 2.25. The standard InChI is InChI=1S/C17H19NO3/c1-3-4-9-21-15(20)8-7-13-6-5-12(2)17-16(13)14(11-19)10-18-17/h5-8,10-11,18H,3-4,9H2,1-2H3/b8-7+. The molecule has 0 aliphatic carbocycles. The highest BCUT2D eigenvalue weighted by atomic mass is 16.5. The molecular formula is C17H19NO3. The lowest BCUT2D eigenvalue weighted by Crippen LogP contribution is -2.01. The first kappa shape index (κ1) is 15.0. The van der Waals surface area contributed by atoms with Crippen molar-refractivity contribution in [1.29, 1.82) is 0 Å². The van der Waals surface area contributed by atoms with Gasteiger partial charge in [0.05, 0.1) is 6.61 Å². The molecule has 2 rings (SSSR count). The summed E-state index contributed by atoms with van der Waals surface area (Å²) in [6.07, 6.45) is 7.44. The lowest BCUT2D eigenvalue weighted by Gasteiger charge is -2.02. The van der Waals surface area contributed by atoms with Gasteiger partial charge in [-0.2, -0.15) is 0 Å². The van der Waals surface area contributed by atoms with E-state index in [1.54, 1.807) is 12.3 Å². The van der Waals surface area contributed by atoms with Crippen LogP contribution in [-0.4, -0.2) is 23.8 Å². The van der Waals surface area contributed by atoms with Crippen LogP contribution in [0.3, 0.4) is 0 Å². The Morgan fingerprint density at radius 2 is 2.14 bits per heavy atom. The molecule has 0 unspecified atom stereocenters. The Labute approximate surface area is 123 Å². The molecule has 0 atom stereocenters. The average Bonchev–Trinajstić information content (AvgIpc) is 2.92. The Morgan fingerprint density at radius 1 is 1.33 bits per heavy atom. The molecule has 1 aromatic carbocycles. The fourth-order valence-corrected chi connectivity index (χ4v) is 2.20. The number of fused-ring (bicyclic) bond motifs is 1. The van der Waals surface area contributed by atoms with Gasteiger partial charge in [-0.15, -0.1) is 0 Å². The van der Waals surface area contributed by atoms with E-state index in [1.165, 1.54) is 6.08 Å². The van der Waals surface area contributed by atoms with Crippen LogP contribution in [0.1, 0.15) is 41.3 Å². The minimum absolute atomic E-state index is 0.361. The fraction of sp³-hybridized carbons (Fsp3) is 0.294.